The number of carbonyl (C=O) groups is 2. The van der Waals surface area contributed by atoms with E-state index in [4.69, 9.17) is 8.37 Å². The molecule has 0 bridgehead atoms. The first-order valence-corrected chi connectivity index (χ1v) is 15.3. The van der Waals surface area contributed by atoms with E-state index in [0.717, 1.165) is 31.8 Å². The molecule has 8 nitrogen and oxygen atoms in total. The van der Waals surface area contributed by atoms with Crippen LogP contribution in [0.25, 0.3) is 12.2 Å². The van der Waals surface area contributed by atoms with Gasteiger partial charge in [-0.15, -0.1) is 0 Å². The van der Waals surface area contributed by atoms with Crippen LogP contribution < -0.4 is 8.37 Å². The summed E-state index contributed by atoms with van der Waals surface area (Å²) in [4.78, 5) is 26.7. The Bertz CT molecular complexity index is 1330. The van der Waals surface area contributed by atoms with E-state index in [9.17, 15) is 26.4 Å². The second-order valence-corrected chi connectivity index (χ2v) is 12.6. The first-order valence-electron chi connectivity index (χ1n) is 11.7. The van der Waals surface area contributed by atoms with Gasteiger partial charge in [-0.1, -0.05) is 55.7 Å². The molecule has 2 aromatic carbocycles. The van der Waals surface area contributed by atoms with Crippen LogP contribution in [0.3, 0.4) is 0 Å². The van der Waals surface area contributed by atoms with Crippen LogP contribution in [0, 0.1) is 11.3 Å². The first-order chi connectivity index (χ1) is 17.2. The Morgan fingerprint density at radius 1 is 0.838 bits per heavy atom. The van der Waals surface area contributed by atoms with Crippen LogP contribution in [0.5, 0.6) is 11.5 Å². The molecule has 0 amide bonds. The van der Waals surface area contributed by atoms with Gasteiger partial charge in [0.2, 0.25) is 0 Å². The second-order valence-electron chi connectivity index (χ2n) is 9.45. The fourth-order valence-corrected chi connectivity index (χ4v) is 4.90. The quantitative estimate of drug-likeness (QED) is 0.218. The molecule has 0 radical (unpaired) electrons. The van der Waals surface area contributed by atoms with Crippen molar-refractivity contribution < 1.29 is 34.8 Å². The maximum absolute atomic E-state index is 13.3. The molecule has 0 aromatic heterocycles. The molecule has 198 valence electrons. The molecule has 1 aliphatic carbocycles. The maximum atomic E-state index is 13.3. The fraction of sp³-hybridized carbons (Fsp3) is 0.333. The fourth-order valence-electron chi connectivity index (χ4n) is 4.00. The van der Waals surface area contributed by atoms with Crippen molar-refractivity contribution in [2.45, 2.75) is 32.6 Å². The van der Waals surface area contributed by atoms with Crippen molar-refractivity contribution in [3.8, 4) is 11.5 Å². The zero-order chi connectivity index (χ0) is 27.3. The molecule has 0 heterocycles. The minimum absolute atomic E-state index is 0.121. The van der Waals surface area contributed by atoms with E-state index >= 15 is 0 Å². The van der Waals surface area contributed by atoms with E-state index in [0.29, 0.717) is 17.5 Å². The highest BCUT2D eigenvalue weighted by atomic mass is 32.2. The summed E-state index contributed by atoms with van der Waals surface area (Å²) in [6.45, 7) is 1.64. The minimum Gasteiger partial charge on any atom is -0.383 e. The van der Waals surface area contributed by atoms with Gasteiger partial charge in [0.05, 0.1) is 17.9 Å². The smallest absolute Gasteiger partial charge is 0.306 e. The average molecular weight is 547 g/mol. The summed E-state index contributed by atoms with van der Waals surface area (Å²) >= 11 is 0. The number of ketones is 2. The van der Waals surface area contributed by atoms with Crippen LogP contribution in [0.15, 0.2) is 60.7 Å². The molecule has 2 aromatic rings. The average Bonchev–Trinajstić information content (AvgIpc) is 2.76. The van der Waals surface area contributed by atoms with Crippen molar-refractivity contribution in [1.82, 2.24) is 0 Å². The van der Waals surface area contributed by atoms with Crippen molar-refractivity contribution >= 4 is 44.0 Å². The van der Waals surface area contributed by atoms with Crippen molar-refractivity contribution in [2.24, 2.45) is 11.3 Å². The van der Waals surface area contributed by atoms with Gasteiger partial charge in [-0.2, -0.15) is 16.8 Å². The molecule has 0 unspecified atom stereocenters. The maximum Gasteiger partial charge on any atom is 0.306 e. The molecule has 0 aliphatic heterocycles. The Kier molecular flexibility index (Phi) is 8.76. The van der Waals surface area contributed by atoms with Crippen LogP contribution in [0.2, 0.25) is 0 Å². The van der Waals surface area contributed by atoms with E-state index in [2.05, 4.69) is 0 Å². The molecule has 0 spiro atoms. The van der Waals surface area contributed by atoms with Gasteiger partial charge in [-0.05, 0) is 66.8 Å². The van der Waals surface area contributed by atoms with Gasteiger partial charge < -0.3 is 8.37 Å². The Morgan fingerprint density at radius 2 is 1.27 bits per heavy atom. The normalized spacial score (nSPS) is 15.0. The molecular formula is C27H30O8S2. The molecule has 37 heavy (non-hydrogen) atoms. The number of carbonyl (C=O) groups excluding carboxylic acids is 2. The van der Waals surface area contributed by atoms with Crippen LogP contribution >= 0.6 is 0 Å². The largest absolute Gasteiger partial charge is 0.383 e. The number of hydrogen-bond acceptors (Lipinski definition) is 8. The molecule has 0 atom stereocenters. The Hall–Kier alpha value is -3.24. The van der Waals surface area contributed by atoms with Crippen molar-refractivity contribution in [3.63, 3.8) is 0 Å². The van der Waals surface area contributed by atoms with Crippen LogP contribution in [-0.2, 0) is 29.8 Å². The van der Waals surface area contributed by atoms with Gasteiger partial charge in [0.25, 0.3) is 0 Å². The lowest BCUT2D eigenvalue weighted by atomic mass is 9.68. The van der Waals surface area contributed by atoms with E-state index in [-0.39, 0.29) is 29.0 Å². The van der Waals surface area contributed by atoms with E-state index in [1.165, 1.54) is 48.6 Å². The molecule has 3 rings (SSSR count). The summed E-state index contributed by atoms with van der Waals surface area (Å²) in [5.41, 5.74) is -0.197. The topological polar surface area (TPSA) is 121 Å². The molecule has 10 heteroatoms. The number of benzene rings is 2. The van der Waals surface area contributed by atoms with Gasteiger partial charge in [0, 0.05) is 0 Å². The molecule has 0 N–H and O–H groups in total. The Labute approximate surface area is 218 Å². The lowest BCUT2D eigenvalue weighted by Crippen LogP contribution is -2.37. The van der Waals surface area contributed by atoms with Crippen molar-refractivity contribution in [2.75, 3.05) is 12.5 Å². The third kappa shape index (κ3) is 8.68. The summed E-state index contributed by atoms with van der Waals surface area (Å²) in [6, 6.07) is 12.5. The summed E-state index contributed by atoms with van der Waals surface area (Å²) in [5, 5.41) is 0. The number of hydrogen-bond donors (Lipinski definition) is 0. The van der Waals surface area contributed by atoms with Gasteiger partial charge in [0.15, 0.2) is 11.6 Å². The van der Waals surface area contributed by atoms with E-state index in [1.54, 1.807) is 31.2 Å². The summed E-state index contributed by atoms with van der Waals surface area (Å²) in [7, 11) is -7.38. The van der Waals surface area contributed by atoms with Crippen molar-refractivity contribution in [3.05, 3.63) is 71.8 Å². The summed E-state index contributed by atoms with van der Waals surface area (Å²) in [6.07, 6.45) is 11.0. The third-order valence-electron chi connectivity index (χ3n) is 6.08. The predicted molar refractivity (Wildman–Crippen MR) is 142 cm³/mol. The molecule has 0 saturated heterocycles. The SMILES string of the molecule is CC(CC1CCC1)(C(=O)/C=C/c1cccc(OS(C)(=O)=O)c1)C(=O)/C=C/c1cccc(OS(C)(=O)=O)c1. The first kappa shape index (κ1) is 28.3. The van der Waals surface area contributed by atoms with E-state index < -0.39 is 25.7 Å². The highest BCUT2D eigenvalue weighted by Gasteiger charge is 2.41. The van der Waals surface area contributed by atoms with Crippen LogP contribution in [0.4, 0.5) is 0 Å². The highest BCUT2D eigenvalue weighted by Crippen LogP contribution is 2.39. The molecule has 1 aliphatic rings. The molecule has 1 fully saturated rings. The second kappa shape index (κ2) is 11.4. The zero-order valence-electron chi connectivity index (χ0n) is 20.9. The van der Waals surface area contributed by atoms with Gasteiger partial charge in [0.1, 0.15) is 11.5 Å². The standard InChI is InChI=1S/C27H30O8S2/c1-27(19-22-9-4-10-22,25(28)15-13-20-7-5-11-23(17-20)34-36(2,30)31)26(29)16-14-21-8-6-12-24(18-21)35-37(3,32)33/h5-8,11-18,22H,4,9-10,19H2,1-3H3/b15-13+,16-14+. The van der Waals surface area contributed by atoms with Gasteiger partial charge >= 0.3 is 20.2 Å². The van der Waals surface area contributed by atoms with Crippen molar-refractivity contribution in [1.29, 1.82) is 0 Å². The van der Waals surface area contributed by atoms with Gasteiger partial charge in [-0.25, -0.2) is 0 Å². The Morgan fingerprint density at radius 3 is 1.62 bits per heavy atom. The molecule has 1 saturated carbocycles. The highest BCUT2D eigenvalue weighted by molar-refractivity contribution is 7.86. The zero-order valence-corrected chi connectivity index (χ0v) is 22.5. The monoisotopic (exact) mass is 546 g/mol. The van der Waals surface area contributed by atoms with Crippen LogP contribution in [-0.4, -0.2) is 40.9 Å². The van der Waals surface area contributed by atoms with E-state index in [1.807, 2.05) is 0 Å². The molecular weight excluding hydrogens is 516 g/mol. The third-order valence-corrected chi connectivity index (χ3v) is 7.07. The predicted octanol–water partition coefficient (Wildman–Crippen LogP) is 4.42. The summed E-state index contributed by atoms with van der Waals surface area (Å²) in [5.74, 6) is -0.209. The Balaban J connectivity index is 1.81. The number of allylic oxidation sites excluding steroid dienone is 2. The lowest BCUT2D eigenvalue weighted by Gasteiger charge is -2.33. The van der Waals surface area contributed by atoms with Gasteiger partial charge in [-0.3, -0.25) is 9.59 Å². The number of rotatable bonds is 12. The lowest BCUT2D eigenvalue weighted by molar-refractivity contribution is -0.135. The summed E-state index contributed by atoms with van der Waals surface area (Å²) < 4.78 is 55.3. The minimum atomic E-state index is -3.69. The van der Waals surface area contributed by atoms with Crippen LogP contribution in [0.1, 0.15) is 43.7 Å².